The van der Waals surface area contributed by atoms with Crippen LogP contribution in [0.2, 0.25) is 0 Å². The number of aromatic amines is 1. The summed E-state index contributed by atoms with van der Waals surface area (Å²) in [5, 5.41) is 21.8. The maximum absolute atomic E-state index is 11.8. The molecule has 1 saturated heterocycles. The molecule has 3 heterocycles. The lowest BCUT2D eigenvalue weighted by molar-refractivity contribution is 0.0631. The van der Waals surface area contributed by atoms with Crippen LogP contribution in [0.15, 0.2) is 34.4 Å². The summed E-state index contributed by atoms with van der Waals surface area (Å²) in [4.78, 5) is 15.0. The molecule has 1 fully saturated rings. The van der Waals surface area contributed by atoms with Gasteiger partial charge in [0.25, 0.3) is 5.56 Å². The number of aromatic nitrogens is 1. The summed E-state index contributed by atoms with van der Waals surface area (Å²) in [6.07, 6.45) is 1.05. The van der Waals surface area contributed by atoms with Gasteiger partial charge in [-0.15, -0.1) is 11.3 Å². The van der Waals surface area contributed by atoms with Crippen LogP contribution in [0.1, 0.15) is 17.5 Å². The van der Waals surface area contributed by atoms with Crippen LogP contribution in [-0.2, 0) is 9.47 Å². The number of pyridine rings is 1. The van der Waals surface area contributed by atoms with Gasteiger partial charge in [-0.1, -0.05) is 24.0 Å². The van der Waals surface area contributed by atoms with Crippen LogP contribution in [0.25, 0.3) is 21.3 Å². The second-order valence-electron chi connectivity index (χ2n) is 6.32. The average molecular weight is 392 g/mol. The highest BCUT2D eigenvalue weighted by atomic mass is 32.1. The molecule has 1 atom stereocenters. The topological polar surface area (TPSA) is 95.3 Å². The molecule has 2 N–H and O–H groups in total. The van der Waals surface area contributed by atoms with E-state index in [2.05, 4.69) is 16.8 Å². The fraction of sp³-hybridized carbons (Fsp3) is 0.238. The highest BCUT2D eigenvalue weighted by Gasteiger charge is 2.17. The van der Waals surface area contributed by atoms with E-state index in [1.54, 1.807) is 6.07 Å². The zero-order valence-electron chi connectivity index (χ0n) is 14.8. The van der Waals surface area contributed by atoms with Crippen molar-refractivity contribution in [3.63, 3.8) is 0 Å². The highest BCUT2D eigenvalue weighted by Crippen LogP contribution is 2.38. The third-order valence-electron chi connectivity index (χ3n) is 4.54. The molecule has 0 amide bonds. The second-order valence-corrected chi connectivity index (χ2v) is 7.20. The van der Waals surface area contributed by atoms with Crippen molar-refractivity contribution in [2.24, 2.45) is 0 Å². The molecule has 1 aliphatic rings. The summed E-state index contributed by atoms with van der Waals surface area (Å²) in [5.41, 5.74) is 1.61. The van der Waals surface area contributed by atoms with Gasteiger partial charge in [-0.3, -0.25) is 4.79 Å². The molecule has 2 aromatic heterocycles. The van der Waals surface area contributed by atoms with Gasteiger partial charge in [0.2, 0.25) is 0 Å². The van der Waals surface area contributed by atoms with E-state index in [1.807, 2.05) is 29.6 Å². The van der Waals surface area contributed by atoms with E-state index in [0.29, 0.717) is 23.4 Å². The van der Waals surface area contributed by atoms with Crippen LogP contribution in [0.5, 0.6) is 5.75 Å². The van der Waals surface area contributed by atoms with Crippen molar-refractivity contribution in [3.05, 3.63) is 51.1 Å². The van der Waals surface area contributed by atoms with Gasteiger partial charge in [0, 0.05) is 23.1 Å². The van der Waals surface area contributed by atoms with Gasteiger partial charge in [-0.05, 0) is 24.1 Å². The molecule has 0 radical (unpaired) electrons. The van der Waals surface area contributed by atoms with E-state index < -0.39 is 5.56 Å². The Hall–Kier alpha value is -3.10. The monoisotopic (exact) mass is 392 g/mol. The highest BCUT2D eigenvalue weighted by molar-refractivity contribution is 7.17. The van der Waals surface area contributed by atoms with Gasteiger partial charge in [0.05, 0.1) is 18.1 Å². The summed E-state index contributed by atoms with van der Waals surface area (Å²) in [6, 6.07) is 9.32. The summed E-state index contributed by atoms with van der Waals surface area (Å²) in [6.45, 7) is 1.75. The minimum atomic E-state index is -0.585. The van der Waals surface area contributed by atoms with Crippen molar-refractivity contribution < 1.29 is 14.6 Å². The van der Waals surface area contributed by atoms with Crippen molar-refractivity contribution in [2.45, 2.75) is 12.5 Å². The molecule has 140 valence electrons. The predicted octanol–water partition coefficient (Wildman–Crippen LogP) is 2.99. The number of rotatable bonds is 3. The maximum atomic E-state index is 11.8. The standard InChI is InChI=1S/C21H16N2O4S/c22-10-16-19(24)18-17(12-28-21(18)23-20(16)25)14-5-3-13(4-6-14)2-1-8-27-15-7-9-26-11-15/h3-6,12,15H,7-9,11H2,(H2,23,24,25). The first-order valence-corrected chi connectivity index (χ1v) is 9.60. The average Bonchev–Trinajstić information content (AvgIpc) is 3.36. The Labute approximate surface area is 165 Å². The summed E-state index contributed by atoms with van der Waals surface area (Å²) in [7, 11) is 0. The largest absolute Gasteiger partial charge is 0.506 e. The molecule has 4 rings (SSSR count). The van der Waals surface area contributed by atoms with Gasteiger partial charge in [0.1, 0.15) is 23.3 Å². The normalized spacial score (nSPS) is 15.9. The lowest BCUT2D eigenvalue weighted by Crippen LogP contribution is -2.12. The number of benzene rings is 1. The SMILES string of the molecule is N#Cc1c(O)c2c(-c3ccc(C#CCOC4CCOC4)cc3)csc2[nH]c1=O. The Balaban J connectivity index is 1.56. The Morgan fingerprint density at radius 1 is 1.36 bits per heavy atom. The summed E-state index contributed by atoms with van der Waals surface area (Å²) < 4.78 is 10.9. The smallest absolute Gasteiger partial charge is 0.270 e. The third kappa shape index (κ3) is 3.51. The van der Waals surface area contributed by atoms with Crippen molar-refractivity contribution in [3.8, 4) is 34.8 Å². The first-order chi connectivity index (χ1) is 13.7. The van der Waals surface area contributed by atoms with E-state index in [1.165, 1.54) is 11.3 Å². The third-order valence-corrected chi connectivity index (χ3v) is 5.43. The Morgan fingerprint density at radius 2 is 2.18 bits per heavy atom. The van der Waals surface area contributed by atoms with Gasteiger partial charge in [-0.25, -0.2) is 0 Å². The minimum absolute atomic E-state index is 0.140. The lowest BCUT2D eigenvalue weighted by Gasteiger charge is -2.05. The molecular weight excluding hydrogens is 376 g/mol. The number of fused-ring (bicyclic) bond motifs is 1. The number of H-pyrrole nitrogens is 1. The first kappa shape index (κ1) is 18.3. The van der Waals surface area contributed by atoms with E-state index >= 15 is 0 Å². The second kappa shape index (κ2) is 7.87. The zero-order chi connectivity index (χ0) is 19.5. The Morgan fingerprint density at radius 3 is 2.89 bits per heavy atom. The number of nitrogens with zero attached hydrogens (tertiary/aromatic N) is 1. The van der Waals surface area contributed by atoms with Gasteiger partial charge in [0.15, 0.2) is 5.56 Å². The molecular formula is C21H16N2O4S. The van der Waals surface area contributed by atoms with Gasteiger partial charge >= 0.3 is 0 Å². The molecule has 6 nitrogen and oxygen atoms in total. The van der Waals surface area contributed by atoms with E-state index in [4.69, 9.17) is 14.7 Å². The van der Waals surface area contributed by atoms with Gasteiger partial charge < -0.3 is 19.6 Å². The molecule has 1 aromatic carbocycles. The Kier molecular flexibility index (Phi) is 5.14. The van der Waals surface area contributed by atoms with Crippen molar-refractivity contribution in [1.82, 2.24) is 4.98 Å². The summed E-state index contributed by atoms with van der Waals surface area (Å²) >= 11 is 1.31. The number of ether oxygens (including phenoxy) is 2. The van der Waals surface area contributed by atoms with Gasteiger partial charge in [-0.2, -0.15) is 5.26 Å². The molecule has 3 aromatic rings. The number of thiophene rings is 1. The minimum Gasteiger partial charge on any atom is -0.506 e. The number of aromatic hydroxyl groups is 1. The fourth-order valence-electron chi connectivity index (χ4n) is 3.07. The lowest BCUT2D eigenvalue weighted by atomic mass is 10.0. The predicted molar refractivity (Wildman–Crippen MR) is 106 cm³/mol. The van der Waals surface area contributed by atoms with Crippen molar-refractivity contribution >= 4 is 21.6 Å². The van der Waals surface area contributed by atoms with Crippen LogP contribution >= 0.6 is 11.3 Å². The van der Waals surface area contributed by atoms with Crippen molar-refractivity contribution in [1.29, 1.82) is 5.26 Å². The Bertz CT molecular complexity index is 1170. The number of hydrogen-bond donors (Lipinski definition) is 2. The number of nitriles is 1. The number of nitrogens with one attached hydrogen (secondary N) is 1. The van der Waals surface area contributed by atoms with Crippen molar-refractivity contribution in [2.75, 3.05) is 19.8 Å². The molecule has 28 heavy (non-hydrogen) atoms. The molecule has 7 heteroatoms. The van der Waals surface area contributed by atoms with E-state index in [-0.39, 0.29) is 17.4 Å². The fourth-order valence-corrected chi connectivity index (χ4v) is 4.04. The van der Waals surface area contributed by atoms with Crippen LogP contribution in [-0.4, -0.2) is 36.0 Å². The molecule has 0 aliphatic carbocycles. The van der Waals surface area contributed by atoms with Crippen LogP contribution in [0.3, 0.4) is 0 Å². The molecule has 0 saturated carbocycles. The van der Waals surface area contributed by atoms with Crippen LogP contribution < -0.4 is 5.56 Å². The zero-order valence-corrected chi connectivity index (χ0v) is 15.6. The van der Waals surface area contributed by atoms with E-state index in [0.717, 1.165) is 29.7 Å². The van der Waals surface area contributed by atoms with Crippen LogP contribution in [0.4, 0.5) is 0 Å². The van der Waals surface area contributed by atoms with Crippen LogP contribution in [0, 0.1) is 23.2 Å². The first-order valence-electron chi connectivity index (χ1n) is 8.72. The molecule has 1 aliphatic heterocycles. The molecule has 0 bridgehead atoms. The molecule has 1 unspecified atom stereocenters. The summed E-state index contributed by atoms with van der Waals surface area (Å²) in [5.74, 6) is 5.78. The number of hydrogen-bond acceptors (Lipinski definition) is 6. The quantitative estimate of drug-likeness (QED) is 0.668. The molecule has 0 spiro atoms. The maximum Gasteiger partial charge on any atom is 0.270 e. The van der Waals surface area contributed by atoms with E-state index in [9.17, 15) is 9.90 Å².